The molecule has 0 saturated heterocycles. The van der Waals surface area contributed by atoms with Crippen LogP contribution in [0.5, 0.6) is 0 Å². The van der Waals surface area contributed by atoms with Crippen molar-refractivity contribution >= 4 is 5.97 Å². The molecule has 0 aromatic heterocycles. The molecule has 0 aromatic rings. The lowest BCUT2D eigenvalue weighted by atomic mass is 10.00. The van der Waals surface area contributed by atoms with Gasteiger partial charge in [-0.25, -0.2) is 0 Å². The van der Waals surface area contributed by atoms with Gasteiger partial charge in [0.2, 0.25) is 0 Å². The SMILES string of the molecule is CCOC(=O)C(C)(CN(CC)CC(F)(F)F)NC(C)C. The van der Waals surface area contributed by atoms with E-state index in [2.05, 4.69) is 5.32 Å². The Morgan fingerprint density at radius 1 is 1.25 bits per heavy atom. The minimum absolute atomic E-state index is 0.0472. The van der Waals surface area contributed by atoms with Crippen molar-refractivity contribution in [2.75, 3.05) is 26.2 Å². The summed E-state index contributed by atoms with van der Waals surface area (Å²) in [6.07, 6.45) is -4.29. The third-order valence-electron chi connectivity index (χ3n) is 2.72. The molecule has 0 aliphatic heterocycles. The van der Waals surface area contributed by atoms with Gasteiger partial charge in [-0.15, -0.1) is 0 Å². The molecule has 0 aliphatic rings. The highest BCUT2D eigenvalue weighted by molar-refractivity contribution is 5.80. The lowest BCUT2D eigenvalue weighted by molar-refractivity contribution is -0.159. The van der Waals surface area contributed by atoms with Crippen molar-refractivity contribution < 1.29 is 22.7 Å². The molecule has 120 valence electrons. The Kier molecular flexibility index (Phi) is 7.51. The van der Waals surface area contributed by atoms with Crippen LogP contribution in [0.2, 0.25) is 0 Å². The summed E-state index contributed by atoms with van der Waals surface area (Å²) in [5.41, 5.74) is -1.16. The fourth-order valence-corrected chi connectivity index (χ4v) is 2.08. The maximum Gasteiger partial charge on any atom is 0.401 e. The molecule has 1 atom stereocenters. The van der Waals surface area contributed by atoms with Crippen LogP contribution in [0, 0.1) is 0 Å². The van der Waals surface area contributed by atoms with Crippen LogP contribution in [0.1, 0.15) is 34.6 Å². The highest BCUT2D eigenvalue weighted by Gasteiger charge is 2.39. The van der Waals surface area contributed by atoms with Crippen molar-refractivity contribution in [1.82, 2.24) is 10.2 Å². The zero-order valence-corrected chi connectivity index (χ0v) is 12.8. The maximum absolute atomic E-state index is 12.5. The number of carbonyl (C=O) groups excluding carboxylic acids is 1. The van der Waals surface area contributed by atoms with Crippen molar-refractivity contribution in [2.45, 2.75) is 52.4 Å². The Balaban J connectivity index is 4.98. The van der Waals surface area contributed by atoms with Gasteiger partial charge in [0.05, 0.1) is 13.2 Å². The molecule has 0 aliphatic carbocycles. The summed E-state index contributed by atoms with van der Waals surface area (Å²) in [7, 11) is 0. The number of likely N-dealkylation sites (N-methyl/N-ethyl adjacent to an activating group) is 1. The van der Waals surface area contributed by atoms with Crippen LogP contribution in [-0.4, -0.2) is 54.9 Å². The molecular formula is C13H25F3N2O2. The Labute approximate surface area is 118 Å². The first-order chi connectivity index (χ1) is 9.04. The van der Waals surface area contributed by atoms with Crippen LogP contribution in [0.25, 0.3) is 0 Å². The second-order valence-corrected chi connectivity index (χ2v) is 5.27. The van der Waals surface area contributed by atoms with E-state index in [0.717, 1.165) is 0 Å². The van der Waals surface area contributed by atoms with Crippen molar-refractivity contribution in [2.24, 2.45) is 0 Å². The van der Waals surface area contributed by atoms with E-state index in [9.17, 15) is 18.0 Å². The third kappa shape index (κ3) is 7.09. The zero-order chi connectivity index (χ0) is 16.0. The number of esters is 1. The lowest BCUT2D eigenvalue weighted by Gasteiger charge is -2.35. The normalized spacial score (nSPS) is 15.5. The first kappa shape index (κ1) is 19.2. The molecule has 1 N–H and O–H groups in total. The standard InChI is InChI=1S/C13H25F3N2O2/c1-6-18(9-13(14,15)16)8-12(5,17-10(3)4)11(19)20-7-2/h10,17H,6-9H2,1-5H3. The number of hydrogen-bond donors (Lipinski definition) is 1. The van der Waals surface area contributed by atoms with Crippen LogP contribution >= 0.6 is 0 Å². The number of nitrogens with one attached hydrogen (secondary N) is 1. The highest BCUT2D eigenvalue weighted by Crippen LogP contribution is 2.19. The van der Waals surface area contributed by atoms with Crippen molar-refractivity contribution in [1.29, 1.82) is 0 Å². The predicted molar refractivity (Wildman–Crippen MR) is 71.5 cm³/mol. The summed E-state index contributed by atoms with van der Waals surface area (Å²) < 4.78 is 42.5. The second kappa shape index (κ2) is 7.83. The minimum Gasteiger partial charge on any atom is -0.465 e. The summed E-state index contributed by atoms with van der Waals surface area (Å²) in [5, 5.41) is 3.01. The van der Waals surface area contributed by atoms with Crippen LogP contribution in [0.15, 0.2) is 0 Å². The largest absolute Gasteiger partial charge is 0.465 e. The van der Waals surface area contributed by atoms with E-state index in [1.807, 2.05) is 13.8 Å². The van der Waals surface area contributed by atoms with Crippen LogP contribution in [0.4, 0.5) is 13.2 Å². The summed E-state index contributed by atoms with van der Waals surface area (Å²) in [5.74, 6) is -0.533. The maximum atomic E-state index is 12.5. The highest BCUT2D eigenvalue weighted by atomic mass is 19.4. The molecule has 0 spiro atoms. The van der Waals surface area contributed by atoms with E-state index in [4.69, 9.17) is 4.74 Å². The number of alkyl halides is 3. The molecule has 20 heavy (non-hydrogen) atoms. The fourth-order valence-electron chi connectivity index (χ4n) is 2.08. The van der Waals surface area contributed by atoms with E-state index >= 15 is 0 Å². The van der Waals surface area contributed by atoms with Gasteiger partial charge in [0.1, 0.15) is 5.54 Å². The Bertz CT molecular complexity index is 308. The van der Waals surface area contributed by atoms with Gasteiger partial charge in [0.15, 0.2) is 0 Å². The average molecular weight is 298 g/mol. The monoisotopic (exact) mass is 298 g/mol. The van der Waals surface area contributed by atoms with Crippen molar-refractivity contribution in [3.05, 3.63) is 0 Å². The molecule has 1 unspecified atom stereocenters. The first-order valence-corrected chi connectivity index (χ1v) is 6.78. The zero-order valence-electron chi connectivity index (χ0n) is 12.8. The van der Waals surface area contributed by atoms with Crippen LogP contribution in [0.3, 0.4) is 0 Å². The van der Waals surface area contributed by atoms with Gasteiger partial charge >= 0.3 is 12.1 Å². The van der Waals surface area contributed by atoms with Crippen LogP contribution < -0.4 is 5.32 Å². The average Bonchev–Trinajstić information content (AvgIpc) is 2.25. The van der Waals surface area contributed by atoms with Gasteiger partial charge in [0, 0.05) is 12.6 Å². The summed E-state index contributed by atoms with van der Waals surface area (Å²) in [4.78, 5) is 13.2. The molecule has 0 fully saturated rings. The topological polar surface area (TPSA) is 41.6 Å². The molecule has 0 radical (unpaired) electrons. The van der Waals surface area contributed by atoms with Gasteiger partial charge in [-0.05, 0) is 34.2 Å². The van der Waals surface area contributed by atoms with Crippen molar-refractivity contribution in [3.8, 4) is 0 Å². The first-order valence-electron chi connectivity index (χ1n) is 6.78. The van der Waals surface area contributed by atoms with Gasteiger partial charge in [-0.3, -0.25) is 15.0 Å². The number of nitrogens with zero attached hydrogens (tertiary/aromatic N) is 1. The van der Waals surface area contributed by atoms with Gasteiger partial charge in [0.25, 0.3) is 0 Å². The lowest BCUT2D eigenvalue weighted by Crippen LogP contribution is -2.60. The Morgan fingerprint density at radius 2 is 1.80 bits per heavy atom. The van der Waals surface area contributed by atoms with Gasteiger partial charge in [-0.1, -0.05) is 6.92 Å². The fraction of sp³-hybridized carbons (Fsp3) is 0.923. The number of halogens is 3. The number of ether oxygens (including phenoxy) is 1. The molecule has 0 heterocycles. The molecule has 7 heteroatoms. The molecule has 0 aromatic carbocycles. The molecular weight excluding hydrogens is 273 g/mol. The molecule has 0 rings (SSSR count). The van der Waals surface area contributed by atoms with E-state index < -0.39 is 24.2 Å². The minimum atomic E-state index is -4.29. The smallest absolute Gasteiger partial charge is 0.401 e. The van der Waals surface area contributed by atoms with E-state index in [0.29, 0.717) is 0 Å². The Morgan fingerprint density at radius 3 is 2.15 bits per heavy atom. The van der Waals surface area contributed by atoms with Gasteiger partial charge < -0.3 is 4.74 Å². The van der Waals surface area contributed by atoms with E-state index in [1.54, 1.807) is 20.8 Å². The number of rotatable bonds is 8. The predicted octanol–water partition coefficient (Wildman–Crippen LogP) is 2.19. The molecule has 0 amide bonds. The van der Waals surface area contributed by atoms with Gasteiger partial charge in [-0.2, -0.15) is 13.2 Å². The second-order valence-electron chi connectivity index (χ2n) is 5.27. The summed E-state index contributed by atoms with van der Waals surface area (Å²) >= 11 is 0. The quantitative estimate of drug-likeness (QED) is 0.698. The van der Waals surface area contributed by atoms with E-state index in [1.165, 1.54) is 4.90 Å². The van der Waals surface area contributed by atoms with Crippen LogP contribution in [-0.2, 0) is 9.53 Å². The summed E-state index contributed by atoms with van der Waals surface area (Å²) in [6.45, 7) is 7.83. The number of carbonyl (C=O) groups is 1. The van der Waals surface area contributed by atoms with Crippen molar-refractivity contribution in [3.63, 3.8) is 0 Å². The Hall–Kier alpha value is -0.820. The third-order valence-corrected chi connectivity index (χ3v) is 2.72. The summed E-state index contributed by atoms with van der Waals surface area (Å²) in [6, 6.07) is -0.0472. The molecule has 0 bridgehead atoms. The molecule has 4 nitrogen and oxygen atoms in total. The number of hydrogen-bond acceptors (Lipinski definition) is 4. The molecule has 0 saturated carbocycles. The van der Waals surface area contributed by atoms with E-state index in [-0.39, 0.29) is 25.7 Å².